The molecule has 1 aromatic heterocycles. The molecule has 0 spiro atoms. The van der Waals surface area contributed by atoms with Crippen LogP contribution in [0, 0.1) is 0 Å². The molecule has 0 bridgehead atoms. The highest BCUT2D eigenvalue weighted by Crippen LogP contribution is 2.28. The van der Waals surface area contributed by atoms with Gasteiger partial charge in [-0.2, -0.15) is 0 Å². The van der Waals surface area contributed by atoms with Gasteiger partial charge in [-0.15, -0.1) is 23.1 Å². The van der Waals surface area contributed by atoms with Crippen LogP contribution in [-0.2, 0) is 20.7 Å². The molecule has 2 aromatic rings. The minimum absolute atomic E-state index is 0.107. The molecule has 1 heterocycles. The van der Waals surface area contributed by atoms with Crippen molar-refractivity contribution in [2.45, 2.75) is 36.8 Å². The average Bonchev–Trinajstić information content (AvgIpc) is 2.99. The van der Waals surface area contributed by atoms with Crippen molar-refractivity contribution in [1.29, 1.82) is 0 Å². The quantitative estimate of drug-likeness (QED) is 0.415. The van der Waals surface area contributed by atoms with Gasteiger partial charge < -0.3 is 15.8 Å². The number of nitrogens with zero attached hydrogens (tertiary/aromatic N) is 1. The van der Waals surface area contributed by atoms with Crippen LogP contribution in [0.4, 0.5) is 10.8 Å². The summed E-state index contributed by atoms with van der Waals surface area (Å²) in [5.41, 5.74) is 7.04. The Kier molecular flexibility index (Phi) is 7.27. The summed E-state index contributed by atoms with van der Waals surface area (Å²) in [6, 6.07) is 7.45. The second-order valence-electron chi connectivity index (χ2n) is 5.20. The summed E-state index contributed by atoms with van der Waals surface area (Å²) in [6.07, 6.45) is 0.780. The van der Waals surface area contributed by atoms with Crippen molar-refractivity contribution >= 4 is 45.8 Å². The summed E-state index contributed by atoms with van der Waals surface area (Å²) in [6.45, 7) is 4.05. The van der Waals surface area contributed by atoms with Crippen LogP contribution in [0.1, 0.15) is 26.0 Å². The number of benzene rings is 1. The molecule has 0 saturated carbocycles. The van der Waals surface area contributed by atoms with E-state index in [2.05, 4.69) is 10.3 Å². The van der Waals surface area contributed by atoms with E-state index in [0.29, 0.717) is 29.5 Å². The predicted octanol–water partition coefficient (Wildman–Crippen LogP) is 3.34. The minimum atomic E-state index is -0.325. The Morgan fingerprint density at radius 3 is 2.88 bits per heavy atom. The number of amides is 1. The third-order valence-electron chi connectivity index (χ3n) is 3.21. The molecule has 3 N–H and O–H groups in total. The zero-order valence-corrected chi connectivity index (χ0v) is 15.8. The van der Waals surface area contributed by atoms with Crippen LogP contribution in [0.25, 0.3) is 0 Å². The number of ether oxygens (including phenoxy) is 1. The Balaban J connectivity index is 1.95. The average molecular weight is 380 g/mol. The van der Waals surface area contributed by atoms with Gasteiger partial charge in [0.2, 0.25) is 5.91 Å². The zero-order valence-electron chi connectivity index (χ0n) is 14.2. The van der Waals surface area contributed by atoms with Gasteiger partial charge in [-0.1, -0.05) is 13.0 Å². The number of nitrogens with two attached hydrogens (primary N) is 1. The van der Waals surface area contributed by atoms with Crippen LogP contribution in [0.5, 0.6) is 0 Å². The molecule has 6 nitrogen and oxygen atoms in total. The van der Waals surface area contributed by atoms with Gasteiger partial charge in [0.15, 0.2) is 5.13 Å². The summed E-state index contributed by atoms with van der Waals surface area (Å²) < 4.78 is 4.89. The van der Waals surface area contributed by atoms with Crippen LogP contribution in [-0.4, -0.2) is 28.7 Å². The van der Waals surface area contributed by atoms with E-state index in [0.717, 1.165) is 4.90 Å². The molecule has 2 rings (SSSR count). The number of anilines is 2. The minimum Gasteiger partial charge on any atom is -0.466 e. The van der Waals surface area contributed by atoms with Crippen LogP contribution >= 0.6 is 23.1 Å². The lowest BCUT2D eigenvalue weighted by molar-refractivity contribution is -0.142. The lowest BCUT2D eigenvalue weighted by Gasteiger charge is -2.13. The largest absolute Gasteiger partial charge is 0.466 e. The zero-order chi connectivity index (χ0) is 18.2. The summed E-state index contributed by atoms with van der Waals surface area (Å²) in [5, 5.41) is 4.80. The number of aromatic nitrogens is 1. The maximum Gasteiger partial charge on any atom is 0.311 e. The van der Waals surface area contributed by atoms with Gasteiger partial charge in [0, 0.05) is 16.0 Å². The van der Waals surface area contributed by atoms with E-state index in [4.69, 9.17) is 10.5 Å². The molecule has 1 unspecified atom stereocenters. The first kappa shape index (κ1) is 19.3. The van der Waals surface area contributed by atoms with Crippen LogP contribution in [0.2, 0.25) is 0 Å². The number of thioether (sulfide) groups is 1. The number of carbonyl (C=O) groups excluding carboxylic acids is 2. The van der Waals surface area contributed by atoms with Gasteiger partial charge in [-0.3, -0.25) is 9.59 Å². The maximum absolute atomic E-state index is 12.5. The van der Waals surface area contributed by atoms with Crippen molar-refractivity contribution in [2.24, 2.45) is 0 Å². The fourth-order valence-electron chi connectivity index (χ4n) is 2.07. The topological polar surface area (TPSA) is 94.3 Å². The molecule has 8 heteroatoms. The van der Waals surface area contributed by atoms with Crippen molar-refractivity contribution in [1.82, 2.24) is 4.98 Å². The standard InChI is InChI=1S/C17H21N3O3S2/c1-3-14(25-13-7-5-6-11(18)8-13)16(22)20-17-19-12(10-24-17)9-15(21)23-4-2/h5-8,10,14H,3-4,9,18H2,1-2H3,(H,19,20,22). The van der Waals surface area contributed by atoms with Gasteiger partial charge in [-0.25, -0.2) is 4.98 Å². The van der Waals surface area contributed by atoms with E-state index in [9.17, 15) is 9.59 Å². The van der Waals surface area contributed by atoms with Gasteiger partial charge in [0.05, 0.1) is 24.0 Å². The van der Waals surface area contributed by atoms with E-state index < -0.39 is 0 Å². The fraction of sp³-hybridized carbons (Fsp3) is 0.353. The highest BCUT2D eigenvalue weighted by Gasteiger charge is 2.19. The number of nitrogen functional groups attached to an aromatic ring is 1. The molecule has 0 aliphatic heterocycles. The monoisotopic (exact) mass is 379 g/mol. The number of carbonyl (C=O) groups is 2. The fourth-order valence-corrected chi connectivity index (χ4v) is 3.80. The molecule has 134 valence electrons. The second-order valence-corrected chi connectivity index (χ2v) is 7.34. The molecule has 1 aromatic carbocycles. The first-order valence-corrected chi connectivity index (χ1v) is 9.70. The molecular formula is C17H21N3O3S2. The van der Waals surface area contributed by atoms with Crippen molar-refractivity contribution < 1.29 is 14.3 Å². The summed E-state index contributed by atoms with van der Waals surface area (Å²) in [5.74, 6) is -0.443. The second kappa shape index (κ2) is 9.43. The third-order valence-corrected chi connectivity index (χ3v) is 5.38. The van der Waals surface area contributed by atoms with Gasteiger partial charge >= 0.3 is 5.97 Å². The Morgan fingerprint density at radius 1 is 1.40 bits per heavy atom. The smallest absolute Gasteiger partial charge is 0.311 e. The normalized spacial score (nSPS) is 11.8. The Labute approximate surface area is 155 Å². The van der Waals surface area contributed by atoms with Crippen LogP contribution < -0.4 is 11.1 Å². The molecule has 0 saturated heterocycles. The Hall–Kier alpha value is -2.06. The van der Waals surface area contributed by atoms with Gasteiger partial charge in [-0.05, 0) is 31.5 Å². The van der Waals surface area contributed by atoms with E-state index in [1.807, 2.05) is 31.2 Å². The number of nitrogens with one attached hydrogen (secondary N) is 1. The molecule has 0 aliphatic carbocycles. The van der Waals surface area contributed by atoms with Crippen molar-refractivity contribution in [2.75, 3.05) is 17.7 Å². The number of hydrogen-bond donors (Lipinski definition) is 2. The summed E-state index contributed by atoms with van der Waals surface area (Å²) >= 11 is 2.76. The SMILES string of the molecule is CCOC(=O)Cc1csc(NC(=O)C(CC)Sc2cccc(N)c2)n1. The molecule has 0 aliphatic rings. The summed E-state index contributed by atoms with van der Waals surface area (Å²) in [4.78, 5) is 29.2. The van der Waals surface area contributed by atoms with E-state index in [1.165, 1.54) is 23.1 Å². The van der Waals surface area contributed by atoms with Crippen molar-refractivity contribution in [3.8, 4) is 0 Å². The molecule has 0 radical (unpaired) electrons. The highest BCUT2D eigenvalue weighted by atomic mass is 32.2. The Bertz CT molecular complexity index is 733. The van der Waals surface area contributed by atoms with Crippen molar-refractivity contribution in [3.05, 3.63) is 35.3 Å². The van der Waals surface area contributed by atoms with E-state index in [1.54, 1.807) is 12.3 Å². The Morgan fingerprint density at radius 2 is 2.20 bits per heavy atom. The van der Waals surface area contributed by atoms with Gasteiger partial charge in [0.25, 0.3) is 0 Å². The maximum atomic E-state index is 12.5. The lowest BCUT2D eigenvalue weighted by Crippen LogP contribution is -2.24. The highest BCUT2D eigenvalue weighted by molar-refractivity contribution is 8.00. The third kappa shape index (κ3) is 6.06. The number of esters is 1. The molecular weight excluding hydrogens is 358 g/mol. The van der Waals surface area contributed by atoms with E-state index >= 15 is 0 Å². The predicted molar refractivity (Wildman–Crippen MR) is 102 cm³/mol. The van der Waals surface area contributed by atoms with Crippen LogP contribution in [0.15, 0.2) is 34.5 Å². The van der Waals surface area contributed by atoms with Crippen LogP contribution in [0.3, 0.4) is 0 Å². The molecule has 0 fully saturated rings. The number of hydrogen-bond acceptors (Lipinski definition) is 7. The first-order valence-electron chi connectivity index (χ1n) is 7.94. The van der Waals surface area contributed by atoms with E-state index in [-0.39, 0.29) is 23.5 Å². The number of thiazole rings is 1. The van der Waals surface area contributed by atoms with Crippen molar-refractivity contribution in [3.63, 3.8) is 0 Å². The van der Waals surface area contributed by atoms with Gasteiger partial charge in [0.1, 0.15) is 0 Å². The summed E-state index contributed by atoms with van der Waals surface area (Å²) in [7, 11) is 0. The lowest BCUT2D eigenvalue weighted by atomic mass is 10.3. The molecule has 1 atom stereocenters. The molecule has 25 heavy (non-hydrogen) atoms. The number of rotatable bonds is 8. The first-order chi connectivity index (χ1) is 12.0. The molecule has 1 amide bonds.